The minimum Gasteiger partial charge on any atom is -0.508 e. The molecule has 0 unspecified atom stereocenters. The van der Waals surface area contributed by atoms with Crippen molar-refractivity contribution in [2.75, 3.05) is 6.54 Å². The molecule has 0 aliphatic carbocycles. The van der Waals surface area contributed by atoms with Crippen molar-refractivity contribution in [3.63, 3.8) is 0 Å². The number of amides is 1. The molecule has 0 atom stereocenters. The number of carbonyl (C=O) groups is 1. The molecule has 15 heavy (non-hydrogen) atoms. The number of phenolic OH excluding ortho intramolecular Hbond substituents is 1. The fourth-order valence-electron chi connectivity index (χ4n) is 1.09. The maximum absolute atomic E-state index is 11.5. The lowest BCUT2D eigenvalue weighted by atomic mass is 10.2. The Morgan fingerprint density at radius 2 is 2.00 bits per heavy atom. The van der Waals surface area contributed by atoms with Gasteiger partial charge in [-0.25, -0.2) is 5.43 Å². The van der Waals surface area contributed by atoms with E-state index < -0.39 is 0 Å². The predicted octanol–water partition coefficient (Wildman–Crippen LogP) is 1.43. The largest absolute Gasteiger partial charge is 0.508 e. The molecule has 0 radical (unpaired) electrons. The molecule has 0 aromatic heterocycles. The number of benzene rings is 1. The van der Waals surface area contributed by atoms with E-state index in [-0.39, 0.29) is 11.7 Å². The molecule has 3 N–H and O–H groups in total. The van der Waals surface area contributed by atoms with E-state index in [0.29, 0.717) is 5.56 Å². The fourth-order valence-corrected chi connectivity index (χ4v) is 1.09. The molecule has 0 bridgehead atoms. The zero-order chi connectivity index (χ0) is 11.1. The second-order valence-corrected chi connectivity index (χ2v) is 3.28. The van der Waals surface area contributed by atoms with Gasteiger partial charge in [0, 0.05) is 12.1 Å². The highest BCUT2D eigenvalue weighted by Gasteiger charge is 2.03. The Kier molecular flexibility index (Phi) is 4.63. The van der Waals surface area contributed by atoms with Gasteiger partial charge in [-0.05, 0) is 30.7 Å². The summed E-state index contributed by atoms with van der Waals surface area (Å²) in [6.45, 7) is 2.85. The average Bonchev–Trinajstić information content (AvgIpc) is 2.25. The number of aromatic hydroxyl groups is 1. The molecular formula is C11H16N2O2. The van der Waals surface area contributed by atoms with E-state index in [1.165, 1.54) is 12.1 Å². The molecule has 4 heteroatoms. The first kappa shape index (κ1) is 11.5. The minimum atomic E-state index is -0.189. The lowest BCUT2D eigenvalue weighted by molar-refractivity contribution is 0.0933. The Labute approximate surface area is 89.3 Å². The topological polar surface area (TPSA) is 61.4 Å². The van der Waals surface area contributed by atoms with E-state index in [9.17, 15) is 4.79 Å². The van der Waals surface area contributed by atoms with Gasteiger partial charge >= 0.3 is 0 Å². The molecule has 0 fully saturated rings. The predicted molar refractivity (Wildman–Crippen MR) is 58.5 cm³/mol. The Morgan fingerprint density at radius 3 is 2.60 bits per heavy atom. The van der Waals surface area contributed by atoms with E-state index in [4.69, 9.17) is 5.11 Å². The number of phenols is 1. The summed E-state index contributed by atoms with van der Waals surface area (Å²) in [5.41, 5.74) is 5.94. The third kappa shape index (κ3) is 3.99. The van der Waals surface area contributed by atoms with Crippen molar-refractivity contribution in [1.82, 2.24) is 10.9 Å². The van der Waals surface area contributed by atoms with Gasteiger partial charge < -0.3 is 5.11 Å². The van der Waals surface area contributed by atoms with Crippen LogP contribution in [0.25, 0.3) is 0 Å². The lowest BCUT2D eigenvalue weighted by Gasteiger charge is -2.06. The molecule has 4 nitrogen and oxygen atoms in total. The molecule has 1 rings (SSSR count). The Hall–Kier alpha value is -1.55. The molecule has 0 heterocycles. The van der Waals surface area contributed by atoms with Gasteiger partial charge in [-0.1, -0.05) is 13.3 Å². The zero-order valence-corrected chi connectivity index (χ0v) is 8.79. The first-order chi connectivity index (χ1) is 7.24. The van der Waals surface area contributed by atoms with Crippen LogP contribution in [-0.4, -0.2) is 17.6 Å². The van der Waals surface area contributed by atoms with Gasteiger partial charge in [0.15, 0.2) is 0 Å². The summed E-state index contributed by atoms with van der Waals surface area (Å²) in [6.07, 6.45) is 2.11. The van der Waals surface area contributed by atoms with Crippen molar-refractivity contribution in [3.05, 3.63) is 29.8 Å². The lowest BCUT2D eigenvalue weighted by Crippen LogP contribution is -2.37. The second kappa shape index (κ2) is 6.03. The standard InChI is InChI=1S/C11H16N2O2/c1-2-3-8-12-13-11(15)9-4-6-10(14)7-5-9/h4-7,12,14H,2-3,8H2,1H3,(H,13,15). The van der Waals surface area contributed by atoms with Crippen LogP contribution in [0, 0.1) is 0 Å². The first-order valence-corrected chi connectivity index (χ1v) is 5.06. The summed E-state index contributed by atoms with van der Waals surface area (Å²) in [4.78, 5) is 11.5. The van der Waals surface area contributed by atoms with E-state index in [1.54, 1.807) is 12.1 Å². The Morgan fingerprint density at radius 1 is 1.33 bits per heavy atom. The van der Waals surface area contributed by atoms with Crippen LogP contribution in [0.3, 0.4) is 0 Å². The molecule has 0 saturated heterocycles. The molecule has 1 aromatic carbocycles. The van der Waals surface area contributed by atoms with Crippen molar-refractivity contribution in [1.29, 1.82) is 0 Å². The quantitative estimate of drug-likeness (QED) is 0.506. The van der Waals surface area contributed by atoms with Gasteiger partial charge in [-0.15, -0.1) is 0 Å². The third-order valence-electron chi connectivity index (χ3n) is 1.99. The van der Waals surface area contributed by atoms with Gasteiger partial charge in [0.05, 0.1) is 0 Å². The zero-order valence-electron chi connectivity index (χ0n) is 8.79. The minimum absolute atomic E-state index is 0.158. The smallest absolute Gasteiger partial charge is 0.265 e. The number of hydrazine groups is 1. The normalized spacial score (nSPS) is 9.93. The molecule has 1 amide bonds. The number of rotatable bonds is 5. The highest BCUT2D eigenvalue weighted by Crippen LogP contribution is 2.08. The number of carbonyl (C=O) groups excluding carboxylic acids is 1. The SMILES string of the molecule is CCCCNNC(=O)c1ccc(O)cc1. The number of hydrogen-bond donors (Lipinski definition) is 3. The van der Waals surface area contributed by atoms with Crippen LogP contribution >= 0.6 is 0 Å². The van der Waals surface area contributed by atoms with Gasteiger partial charge in [0.2, 0.25) is 0 Å². The van der Waals surface area contributed by atoms with Crippen LogP contribution in [0.1, 0.15) is 30.1 Å². The van der Waals surface area contributed by atoms with Crippen molar-refractivity contribution in [3.8, 4) is 5.75 Å². The fraction of sp³-hybridized carbons (Fsp3) is 0.364. The molecule has 0 saturated carbocycles. The summed E-state index contributed by atoms with van der Waals surface area (Å²) in [6, 6.07) is 6.13. The molecule has 82 valence electrons. The van der Waals surface area contributed by atoms with Crippen LogP contribution in [0.15, 0.2) is 24.3 Å². The van der Waals surface area contributed by atoms with Gasteiger partial charge in [0.25, 0.3) is 5.91 Å². The Balaban J connectivity index is 2.37. The molecule has 0 spiro atoms. The maximum atomic E-state index is 11.5. The highest BCUT2D eigenvalue weighted by molar-refractivity contribution is 5.93. The summed E-state index contributed by atoms with van der Waals surface area (Å²) in [5, 5.41) is 9.04. The second-order valence-electron chi connectivity index (χ2n) is 3.28. The molecule has 0 aliphatic heterocycles. The Bertz CT molecular complexity index is 309. The van der Waals surface area contributed by atoms with E-state index in [0.717, 1.165) is 19.4 Å². The van der Waals surface area contributed by atoms with E-state index in [1.807, 2.05) is 0 Å². The number of unbranched alkanes of at least 4 members (excludes halogenated alkanes) is 1. The highest BCUT2D eigenvalue weighted by atomic mass is 16.3. The maximum Gasteiger partial charge on any atom is 0.265 e. The molecular weight excluding hydrogens is 192 g/mol. The summed E-state index contributed by atoms with van der Waals surface area (Å²) >= 11 is 0. The number of hydrogen-bond acceptors (Lipinski definition) is 3. The molecule has 0 aliphatic rings. The van der Waals surface area contributed by atoms with E-state index in [2.05, 4.69) is 17.8 Å². The van der Waals surface area contributed by atoms with Crippen LogP contribution in [0.2, 0.25) is 0 Å². The summed E-state index contributed by atoms with van der Waals surface area (Å²) in [5.74, 6) is -0.0309. The van der Waals surface area contributed by atoms with Gasteiger partial charge in [-0.2, -0.15) is 0 Å². The van der Waals surface area contributed by atoms with Crippen LogP contribution < -0.4 is 10.9 Å². The van der Waals surface area contributed by atoms with Crippen molar-refractivity contribution < 1.29 is 9.90 Å². The van der Waals surface area contributed by atoms with Gasteiger partial charge in [0.1, 0.15) is 5.75 Å². The van der Waals surface area contributed by atoms with Crippen molar-refractivity contribution >= 4 is 5.91 Å². The molecule has 1 aromatic rings. The summed E-state index contributed by atoms with van der Waals surface area (Å²) < 4.78 is 0. The van der Waals surface area contributed by atoms with Crippen molar-refractivity contribution in [2.45, 2.75) is 19.8 Å². The average molecular weight is 208 g/mol. The van der Waals surface area contributed by atoms with Gasteiger partial charge in [-0.3, -0.25) is 10.2 Å². The van der Waals surface area contributed by atoms with Crippen LogP contribution in [0.4, 0.5) is 0 Å². The van der Waals surface area contributed by atoms with Crippen LogP contribution in [0.5, 0.6) is 5.75 Å². The van der Waals surface area contributed by atoms with Crippen LogP contribution in [-0.2, 0) is 0 Å². The summed E-state index contributed by atoms with van der Waals surface area (Å²) in [7, 11) is 0. The van der Waals surface area contributed by atoms with E-state index >= 15 is 0 Å². The number of nitrogens with one attached hydrogen (secondary N) is 2. The van der Waals surface area contributed by atoms with Crippen molar-refractivity contribution in [2.24, 2.45) is 0 Å². The first-order valence-electron chi connectivity index (χ1n) is 5.06. The third-order valence-corrected chi connectivity index (χ3v) is 1.99. The monoisotopic (exact) mass is 208 g/mol.